The van der Waals surface area contributed by atoms with Crippen LogP contribution in [0.1, 0.15) is 31.9 Å². The Bertz CT molecular complexity index is 538. The number of pyridine rings is 1. The molecule has 1 aromatic carbocycles. The molecule has 0 aliphatic carbocycles. The van der Waals surface area contributed by atoms with Crippen LogP contribution in [0, 0.1) is 12.7 Å². The molecule has 2 rings (SSSR count). The highest BCUT2D eigenvalue weighted by Gasteiger charge is 2.22. The first-order valence-electron chi connectivity index (χ1n) is 5.45. The van der Waals surface area contributed by atoms with E-state index < -0.39 is 0 Å². The van der Waals surface area contributed by atoms with E-state index >= 15 is 0 Å². The van der Waals surface area contributed by atoms with E-state index in [9.17, 15) is 4.39 Å². The molecule has 2 aromatic rings. The number of rotatable bonds is 0. The van der Waals surface area contributed by atoms with Gasteiger partial charge < -0.3 is 0 Å². The highest BCUT2D eigenvalue weighted by atomic mass is 19.1. The first-order valence-corrected chi connectivity index (χ1v) is 5.45. The molecule has 2 heteroatoms. The van der Waals surface area contributed by atoms with Crippen LogP contribution in [0.2, 0.25) is 0 Å². The van der Waals surface area contributed by atoms with E-state index in [4.69, 9.17) is 0 Å². The average molecular weight is 217 g/mol. The topological polar surface area (TPSA) is 12.9 Å². The number of hydrogen-bond donors (Lipinski definition) is 0. The second kappa shape index (κ2) is 3.55. The van der Waals surface area contributed by atoms with Crippen LogP contribution < -0.4 is 0 Å². The van der Waals surface area contributed by atoms with E-state index in [0.717, 1.165) is 22.0 Å². The van der Waals surface area contributed by atoms with Gasteiger partial charge in [0.25, 0.3) is 0 Å². The molecular formula is C14H16FN. The van der Waals surface area contributed by atoms with Crippen molar-refractivity contribution < 1.29 is 4.39 Å². The standard InChI is InChI=1S/C14H16FN/c1-9-6-5-7-10-12(14(2,3)4)11(15)8-16-13(9)10/h5-8H,1-4H3. The van der Waals surface area contributed by atoms with Crippen molar-refractivity contribution >= 4 is 10.9 Å². The normalized spacial score (nSPS) is 12.1. The number of aryl methyl sites for hydroxylation is 1. The summed E-state index contributed by atoms with van der Waals surface area (Å²) in [5.41, 5.74) is 2.53. The summed E-state index contributed by atoms with van der Waals surface area (Å²) >= 11 is 0. The molecule has 16 heavy (non-hydrogen) atoms. The maximum absolute atomic E-state index is 13.9. The zero-order chi connectivity index (χ0) is 11.9. The summed E-state index contributed by atoms with van der Waals surface area (Å²) < 4.78 is 13.9. The van der Waals surface area contributed by atoms with Crippen LogP contribution in [-0.4, -0.2) is 4.98 Å². The Morgan fingerprint density at radius 1 is 1.19 bits per heavy atom. The smallest absolute Gasteiger partial charge is 0.145 e. The number of aromatic nitrogens is 1. The molecule has 0 radical (unpaired) electrons. The number of benzene rings is 1. The lowest BCUT2D eigenvalue weighted by Crippen LogP contribution is -2.15. The summed E-state index contributed by atoms with van der Waals surface area (Å²) in [6.45, 7) is 8.06. The minimum atomic E-state index is -0.217. The van der Waals surface area contributed by atoms with Crippen LogP contribution in [0.25, 0.3) is 10.9 Å². The number of nitrogens with zero attached hydrogens (tertiary/aromatic N) is 1. The SMILES string of the molecule is Cc1cccc2c(C(C)(C)C)c(F)cnc12. The summed E-state index contributed by atoms with van der Waals surface area (Å²) in [4.78, 5) is 4.18. The lowest BCUT2D eigenvalue weighted by molar-refractivity contribution is 0.525. The summed E-state index contributed by atoms with van der Waals surface area (Å²) in [6, 6.07) is 5.90. The molecule has 0 spiro atoms. The van der Waals surface area contributed by atoms with E-state index in [1.807, 2.05) is 45.9 Å². The zero-order valence-electron chi connectivity index (χ0n) is 10.1. The van der Waals surface area contributed by atoms with Gasteiger partial charge in [0.15, 0.2) is 0 Å². The molecule has 0 unspecified atom stereocenters. The Balaban J connectivity index is 2.91. The molecule has 84 valence electrons. The monoisotopic (exact) mass is 217 g/mol. The fourth-order valence-corrected chi connectivity index (χ4v) is 2.11. The van der Waals surface area contributed by atoms with Crippen LogP contribution in [0.5, 0.6) is 0 Å². The number of para-hydroxylation sites is 1. The summed E-state index contributed by atoms with van der Waals surface area (Å²) in [5, 5.41) is 0.924. The molecule has 0 bridgehead atoms. The largest absolute Gasteiger partial charge is 0.253 e. The molecule has 1 aromatic heterocycles. The van der Waals surface area contributed by atoms with E-state index in [0.29, 0.717) is 0 Å². The highest BCUT2D eigenvalue weighted by Crippen LogP contribution is 2.32. The van der Waals surface area contributed by atoms with E-state index in [-0.39, 0.29) is 11.2 Å². The lowest BCUT2D eigenvalue weighted by Gasteiger charge is -2.22. The highest BCUT2D eigenvalue weighted by molar-refractivity contribution is 5.85. The molecular weight excluding hydrogens is 201 g/mol. The quantitative estimate of drug-likeness (QED) is 0.650. The van der Waals surface area contributed by atoms with Gasteiger partial charge in [0.05, 0.1) is 11.7 Å². The van der Waals surface area contributed by atoms with Crippen molar-refractivity contribution in [3.8, 4) is 0 Å². The van der Waals surface area contributed by atoms with Crippen molar-refractivity contribution in [3.05, 3.63) is 41.3 Å². The van der Waals surface area contributed by atoms with Crippen molar-refractivity contribution in [1.82, 2.24) is 4.98 Å². The average Bonchev–Trinajstić information content (AvgIpc) is 2.15. The third kappa shape index (κ3) is 1.69. The predicted octanol–water partition coefficient (Wildman–Crippen LogP) is 3.98. The van der Waals surface area contributed by atoms with Gasteiger partial charge in [0, 0.05) is 10.9 Å². The lowest BCUT2D eigenvalue weighted by atomic mass is 9.84. The summed E-state index contributed by atoms with van der Waals surface area (Å²) in [7, 11) is 0. The van der Waals surface area contributed by atoms with E-state index in [1.165, 1.54) is 6.20 Å². The summed E-state index contributed by atoms with van der Waals surface area (Å²) in [5.74, 6) is -0.217. The van der Waals surface area contributed by atoms with Gasteiger partial charge >= 0.3 is 0 Å². The van der Waals surface area contributed by atoms with Crippen LogP contribution >= 0.6 is 0 Å². The van der Waals surface area contributed by atoms with Crippen molar-refractivity contribution in [2.24, 2.45) is 0 Å². The Morgan fingerprint density at radius 3 is 2.50 bits per heavy atom. The molecule has 0 atom stereocenters. The van der Waals surface area contributed by atoms with E-state index in [2.05, 4.69) is 4.98 Å². The Labute approximate surface area is 95.3 Å². The van der Waals surface area contributed by atoms with Crippen molar-refractivity contribution in [2.45, 2.75) is 33.1 Å². The third-order valence-corrected chi connectivity index (χ3v) is 2.80. The first kappa shape index (κ1) is 11.1. The molecule has 1 nitrogen and oxygen atoms in total. The van der Waals surface area contributed by atoms with Crippen LogP contribution in [0.4, 0.5) is 4.39 Å². The number of halogens is 1. The third-order valence-electron chi connectivity index (χ3n) is 2.80. The van der Waals surface area contributed by atoms with Gasteiger partial charge in [-0.05, 0) is 17.9 Å². The Morgan fingerprint density at radius 2 is 1.88 bits per heavy atom. The zero-order valence-corrected chi connectivity index (χ0v) is 10.1. The molecule has 0 aliphatic heterocycles. The molecule has 0 aliphatic rings. The molecule has 0 saturated carbocycles. The molecule has 0 N–H and O–H groups in total. The minimum Gasteiger partial charge on any atom is -0.253 e. The van der Waals surface area contributed by atoms with Crippen LogP contribution in [-0.2, 0) is 5.41 Å². The van der Waals surface area contributed by atoms with Crippen LogP contribution in [0.3, 0.4) is 0 Å². The van der Waals surface area contributed by atoms with Crippen molar-refractivity contribution in [1.29, 1.82) is 0 Å². The van der Waals surface area contributed by atoms with Gasteiger partial charge in [0.2, 0.25) is 0 Å². The fourth-order valence-electron chi connectivity index (χ4n) is 2.11. The number of hydrogen-bond acceptors (Lipinski definition) is 1. The van der Waals surface area contributed by atoms with Crippen molar-refractivity contribution in [2.75, 3.05) is 0 Å². The second-order valence-electron chi connectivity index (χ2n) is 5.20. The maximum atomic E-state index is 13.9. The van der Waals surface area contributed by atoms with Crippen LogP contribution in [0.15, 0.2) is 24.4 Å². The first-order chi connectivity index (χ1) is 7.41. The Kier molecular flexibility index (Phi) is 2.45. The maximum Gasteiger partial charge on any atom is 0.145 e. The molecule has 1 heterocycles. The molecule has 0 saturated heterocycles. The molecule has 0 amide bonds. The Hall–Kier alpha value is -1.44. The summed E-state index contributed by atoms with van der Waals surface area (Å²) in [6.07, 6.45) is 1.33. The minimum absolute atomic E-state index is 0.209. The predicted molar refractivity (Wildman–Crippen MR) is 65.1 cm³/mol. The van der Waals surface area contributed by atoms with Gasteiger partial charge in [-0.25, -0.2) is 4.39 Å². The fraction of sp³-hybridized carbons (Fsp3) is 0.357. The second-order valence-corrected chi connectivity index (χ2v) is 5.20. The molecule has 0 fully saturated rings. The van der Waals surface area contributed by atoms with Crippen molar-refractivity contribution in [3.63, 3.8) is 0 Å². The van der Waals surface area contributed by atoms with Gasteiger partial charge in [0.1, 0.15) is 5.82 Å². The van der Waals surface area contributed by atoms with Gasteiger partial charge in [-0.1, -0.05) is 39.0 Å². The van der Waals surface area contributed by atoms with Gasteiger partial charge in [-0.2, -0.15) is 0 Å². The van der Waals surface area contributed by atoms with Gasteiger partial charge in [-0.15, -0.1) is 0 Å². The van der Waals surface area contributed by atoms with Gasteiger partial charge in [-0.3, -0.25) is 4.98 Å². The number of fused-ring (bicyclic) bond motifs is 1. The van der Waals surface area contributed by atoms with E-state index in [1.54, 1.807) is 0 Å².